The maximum atomic E-state index is 10.8. The van der Waals surface area contributed by atoms with Crippen LogP contribution in [-0.4, -0.2) is 29.8 Å². The summed E-state index contributed by atoms with van der Waals surface area (Å²) in [5, 5.41) is 8.86. The van der Waals surface area contributed by atoms with Crippen molar-refractivity contribution in [2.45, 2.75) is 13.3 Å². The highest BCUT2D eigenvalue weighted by Crippen LogP contribution is 2.35. The van der Waals surface area contributed by atoms with E-state index in [0.29, 0.717) is 29.7 Å². The summed E-state index contributed by atoms with van der Waals surface area (Å²) in [6.07, 6.45) is -0.0207. The Hall–Kier alpha value is -3.28. The van der Waals surface area contributed by atoms with Crippen molar-refractivity contribution in [3.63, 3.8) is 0 Å². The first-order valence-electron chi connectivity index (χ1n) is 8.20. The van der Waals surface area contributed by atoms with Gasteiger partial charge in [-0.1, -0.05) is 12.1 Å². The molecule has 0 radical (unpaired) electrons. The van der Waals surface area contributed by atoms with Crippen LogP contribution in [0.4, 0.5) is 0 Å². The molecule has 6 nitrogen and oxygen atoms in total. The van der Waals surface area contributed by atoms with Gasteiger partial charge >= 0.3 is 11.9 Å². The fourth-order valence-electron chi connectivity index (χ4n) is 2.53. The molecule has 0 aliphatic rings. The molecule has 0 bridgehead atoms. The Labute approximate surface area is 151 Å². The minimum Gasteiger partial charge on any atom is -0.497 e. The monoisotopic (exact) mass is 353 g/mol. The van der Waals surface area contributed by atoms with Crippen LogP contribution in [0.3, 0.4) is 0 Å². The molecule has 6 heteroatoms. The van der Waals surface area contributed by atoms with Crippen molar-refractivity contribution in [1.82, 2.24) is 4.98 Å². The lowest BCUT2D eigenvalue weighted by Crippen LogP contribution is -1.99. The van der Waals surface area contributed by atoms with Gasteiger partial charge in [0.2, 0.25) is 5.89 Å². The van der Waals surface area contributed by atoms with E-state index in [2.05, 4.69) is 4.98 Å². The lowest BCUT2D eigenvalue weighted by Gasteiger charge is -2.03. The average molecular weight is 353 g/mol. The van der Waals surface area contributed by atoms with E-state index in [9.17, 15) is 4.79 Å². The van der Waals surface area contributed by atoms with E-state index in [1.54, 1.807) is 31.4 Å². The third-order valence-corrected chi connectivity index (χ3v) is 3.79. The van der Waals surface area contributed by atoms with Crippen molar-refractivity contribution in [2.75, 3.05) is 13.7 Å². The number of hydrogen-bond donors (Lipinski definition) is 1. The highest BCUT2D eigenvalue weighted by molar-refractivity contribution is 5.71. The zero-order chi connectivity index (χ0) is 18.5. The molecular weight excluding hydrogens is 334 g/mol. The van der Waals surface area contributed by atoms with Crippen LogP contribution < -0.4 is 9.47 Å². The van der Waals surface area contributed by atoms with Crippen LogP contribution in [0.5, 0.6) is 11.7 Å². The van der Waals surface area contributed by atoms with Gasteiger partial charge in [-0.25, -0.2) is 4.98 Å². The largest absolute Gasteiger partial charge is 0.497 e. The van der Waals surface area contributed by atoms with Gasteiger partial charge in [0.15, 0.2) is 5.69 Å². The minimum atomic E-state index is -0.866. The second-order valence-corrected chi connectivity index (χ2v) is 5.58. The summed E-state index contributed by atoms with van der Waals surface area (Å²) in [6, 6.07) is 14.6. The Bertz CT molecular complexity index is 882. The molecule has 1 heterocycles. The molecule has 0 atom stereocenters. The van der Waals surface area contributed by atoms with Gasteiger partial charge in [-0.05, 0) is 48.9 Å². The Morgan fingerprint density at radius 2 is 1.73 bits per heavy atom. The Morgan fingerprint density at radius 1 is 1.08 bits per heavy atom. The molecule has 2 aromatic carbocycles. The highest BCUT2D eigenvalue weighted by Gasteiger charge is 2.18. The van der Waals surface area contributed by atoms with Crippen molar-refractivity contribution in [3.8, 4) is 34.4 Å². The number of hydrogen-bond acceptors (Lipinski definition) is 5. The van der Waals surface area contributed by atoms with Crippen LogP contribution in [0.25, 0.3) is 22.7 Å². The number of aromatic nitrogens is 1. The first kappa shape index (κ1) is 17.5. The van der Waals surface area contributed by atoms with E-state index in [-0.39, 0.29) is 6.42 Å². The summed E-state index contributed by atoms with van der Waals surface area (Å²) in [4.78, 5) is 15.4. The Kier molecular flexibility index (Phi) is 5.22. The quantitative estimate of drug-likeness (QED) is 0.690. The molecule has 1 aromatic heterocycles. The van der Waals surface area contributed by atoms with Crippen molar-refractivity contribution in [1.29, 1.82) is 0 Å². The first-order valence-corrected chi connectivity index (χ1v) is 8.20. The second-order valence-electron chi connectivity index (χ2n) is 5.58. The van der Waals surface area contributed by atoms with E-state index in [1.165, 1.54) is 0 Å². The number of aliphatic carboxylic acids is 1. The molecule has 0 fully saturated rings. The zero-order valence-electron chi connectivity index (χ0n) is 14.6. The Morgan fingerprint density at radius 3 is 2.31 bits per heavy atom. The zero-order valence-corrected chi connectivity index (χ0v) is 14.6. The predicted molar refractivity (Wildman–Crippen MR) is 96.4 cm³/mol. The maximum absolute atomic E-state index is 10.8. The maximum Gasteiger partial charge on any atom is 0.313 e. The fraction of sp³-hybridized carbons (Fsp3) is 0.200. The molecule has 0 unspecified atom stereocenters. The molecular formula is C20H19NO5. The molecule has 0 amide bonds. The molecule has 0 spiro atoms. The SMILES string of the molecule is CCOc1oc(-c2ccc(CC(=O)O)cc2)nc1-c1ccc(OC)cc1. The molecule has 0 saturated carbocycles. The number of carboxylic acid groups (broad SMARTS) is 1. The van der Waals surface area contributed by atoms with Crippen molar-refractivity contribution < 1.29 is 23.8 Å². The molecule has 0 aliphatic heterocycles. The number of carboxylic acids is 1. The van der Waals surface area contributed by atoms with Gasteiger partial charge < -0.3 is 19.0 Å². The smallest absolute Gasteiger partial charge is 0.313 e. The summed E-state index contributed by atoms with van der Waals surface area (Å²) in [6.45, 7) is 2.33. The number of ether oxygens (including phenoxy) is 2. The van der Waals surface area contributed by atoms with Crippen LogP contribution in [0.2, 0.25) is 0 Å². The minimum absolute atomic E-state index is 0.0207. The third-order valence-electron chi connectivity index (χ3n) is 3.79. The van der Waals surface area contributed by atoms with Crippen LogP contribution in [0.1, 0.15) is 12.5 Å². The highest BCUT2D eigenvalue weighted by atomic mass is 16.6. The predicted octanol–water partition coefficient (Wildman–Crippen LogP) is 4.04. The normalized spacial score (nSPS) is 10.5. The van der Waals surface area contributed by atoms with Crippen LogP contribution >= 0.6 is 0 Å². The molecule has 0 saturated heterocycles. The van der Waals surface area contributed by atoms with Crippen LogP contribution in [-0.2, 0) is 11.2 Å². The standard InChI is InChI=1S/C20H19NO5/c1-3-25-20-18(14-8-10-16(24-2)11-9-14)21-19(26-20)15-6-4-13(5-7-15)12-17(22)23/h4-11H,3,12H2,1-2H3,(H,22,23). The van der Waals surface area contributed by atoms with Gasteiger partial charge in [0.25, 0.3) is 0 Å². The van der Waals surface area contributed by atoms with E-state index in [4.69, 9.17) is 19.0 Å². The van der Waals surface area contributed by atoms with Gasteiger partial charge in [0.05, 0.1) is 20.1 Å². The second kappa shape index (κ2) is 7.74. The van der Waals surface area contributed by atoms with Gasteiger partial charge in [0.1, 0.15) is 5.75 Å². The lowest BCUT2D eigenvalue weighted by atomic mass is 10.1. The number of oxazole rings is 1. The van der Waals surface area contributed by atoms with E-state index in [1.807, 2.05) is 31.2 Å². The number of methoxy groups -OCH3 is 1. The topological polar surface area (TPSA) is 81.8 Å². The average Bonchev–Trinajstić information content (AvgIpc) is 3.06. The fourth-order valence-corrected chi connectivity index (χ4v) is 2.53. The third kappa shape index (κ3) is 3.85. The molecule has 134 valence electrons. The lowest BCUT2D eigenvalue weighted by molar-refractivity contribution is -0.136. The van der Waals surface area contributed by atoms with Crippen molar-refractivity contribution in [3.05, 3.63) is 54.1 Å². The van der Waals surface area contributed by atoms with Crippen molar-refractivity contribution in [2.24, 2.45) is 0 Å². The van der Waals surface area contributed by atoms with E-state index < -0.39 is 5.97 Å². The molecule has 0 aliphatic carbocycles. The summed E-state index contributed by atoms with van der Waals surface area (Å²) in [5.74, 6) is 0.655. The number of carbonyl (C=O) groups is 1. The number of benzene rings is 2. The molecule has 3 rings (SSSR count). The van der Waals surface area contributed by atoms with E-state index in [0.717, 1.165) is 16.9 Å². The van der Waals surface area contributed by atoms with Gasteiger partial charge in [0, 0.05) is 11.1 Å². The summed E-state index contributed by atoms with van der Waals surface area (Å²) in [5.41, 5.74) is 2.93. The molecule has 26 heavy (non-hydrogen) atoms. The Balaban J connectivity index is 1.94. The molecule has 1 N–H and O–H groups in total. The first-order chi connectivity index (χ1) is 12.6. The molecule has 3 aromatic rings. The van der Waals surface area contributed by atoms with Crippen molar-refractivity contribution >= 4 is 5.97 Å². The summed E-state index contributed by atoms with van der Waals surface area (Å²) < 4.78 is 16.6. The van der Waals surface area contributed by atoms with Crippen LogP contribution in [0, 0.1) is 0 Å². The summed E-state index contributed by atoms with van der Waals surface area (Å²) in [7, 11) is 1.61. The number of nitrogens with zero attached hydrogens (tertiary/aromatic N) is 1. The summed E-state index contributed by atoms with van der Waals surface area (Å²) >= 11 is 0. The van der Waals surface area contributed by atoms with Gasteiger partial charge in [-0.15, -0.1) is 0 Å². The van der Waals surface area contributed by atoms with Gasteiger partial charge in [-0.3, -0.25) is 4.79 Å². The number of rotatable bonds is 7. The van der Waals surface area contributed by atoms with Crippen LogP contribution in [0.15, 0.2) is 52.9 Å². The van der Waals surface area contributed by atoms with E-state index >= 15 is 0 Å². The van der Waals surface area contributed by atoms with Gasteiger partial charge in [-0.2, -0.15) is 0 Å².